The van der Waals surface area contributed by atoms with Gasteiger partial charge in [0.05, 0.1) is 57.5 Å². The number of hydrogen-bond donors (Lipinski definition) is 1. The number of aryl methyl sites for hydroxylation is 1. The van der Waals surface area contributed by atoms with Crippen molar-refractivity contribution in [3.8, 4) is 22.9 Å². The molecule has 0 bridgehead atoms. The van der Waals surface area contributed by atoms with Gasteiger partial charge in [-0.1, -0.05) is 20.9 Å². The molecule has 0 radical (unpaired) electrons. The summed E-state index contributed by atoms with van der Waals surface area (Å²) in [5.74, 6) is 0.956. The number of halogens is 3. The molecule has 4 aromatic rings. The lowest BCUT2D eigenvalue weighted by atomic mass is 10.0. The number of pyridine rings is 3. The van der Waals surface area contributed by atoms with Crippen molar-refractivity contribution in [2.75, 3.05) is 99.3 Å². The highest BCUT2D eigenvalue weighted by Crippen LogP contribution is 2.35. The smallest absolute Gasteiger partial charge is 0.237 e. The number of anilines is 4. The van der Waals surface area contributed by atoms with E-state index < -0.39 is 5.95 Å². The van der Waals surface area contributed by atoms with Gasteiger partial charge in [0.25, 0.3) is 0 Å². The molecule has 6 heterocycles. The van der Waals surface area contributed by atoms with Gasteiger partial charge in [-0.2, -0.15) is 4.39 Å². The van der Waals surface area contributed by atoms with Crippen molar-refractivity contribution in [1.82, 2.24) is 15.0 Å². The summed E-state index contributed by atoms with van der Waals surface area (Å²) in [7, 11) is 0. The lowest BCUT2D eigenvalue weighted by Crippen LogP contribution is -2.36. The van der Waals surface area contributed by atoms with Crippen LogP contribution in [-0.4, -0.2) is 106 Å². The predicted molar refractivity (Wildman–Crippen MR) is 237 cm³/mol. The molecule has 1 aromatic carbocycles. The van der Waals surface area contributed by atoms with Gasteiger partial charge in [-0.05, 0) is 108 Å². The van der Waals surface area contributed by atoms with Gasteiger partial charge in [0.15, 0.2) is 0 Å². The van der Waals surface area contributed by atoms with Crippen LogP contribution in [0, 0.1) is 12.9 Å². The summed E-state index contributed by atoms with van der Waals surface area (Å²) in [6.07, 6.45) is 5.30. The number of ether oxygens (including phenoxy) is 5. The van der Waals surface area contributed by atoms with Crippen LogP contribution in [0.15, 0.2) is 63.9 Å². The van der Waals surface area contributed by atoms with Crippen molar-refractivity contribution in [3.63, 3.8) is 0 Å². The molecule has 0 aliphatic carbocycles. The lowest BCUT2D eigenvalue weighted by molar-refractivity contribution is 0.122. The zero-order valence-corrected chi connectivity index (χ0v) is 35.4. The molecule has 15 heteroatoms. The standard InChI is InChI=1S/C19H25N3O2.C12H17BrN2O2.C9H10BrFN2O.2CH4/c1-13(2)24-19-18(22-6-8-23-9-7-22)10-15(12-21-19)17-11-16(20)5-4-14(17)3;1-9(2)17-12-11(7-10(13)8-14-12)15-3-5-16-6-4-15;10-7-5-8(9(11)12-6-7)13-1-3-14-4-2-13;;/h4-5,10-13H,6-9,20H2,1-3H3;7-9H,3-6H2,1-2H3;5-6H,1-4H2;2*1H4. The van der Waals surface area contributed by atoms with Crippen molar-refractivity contribution in [3.05, 3.63) is 75.4 Å². The summed E-state index contributed by atoms with van der Waals surface area (Å²) in [6.45, 7) is 19.3. The second-order valence-electron chi connectivity index (χ2n) is 13.7. The van der Waals surface area contributed by atoms with Gasteiger partial charge >= 0.3 is 0 Å². The van der Waals surface area contributed by atoms with E-state index in [4.69, 9.17) is 29.4 Å². The highest BCUT2D eigenvalue weighted by molar-refractivity contribution is 9.10. The SMILES string of the molecule is C.C.CC(C)Oc1ncc(Br)cc1N1CCOCC1.Cc1ccc(N)cc1-c1cnc(OC(C)C)c(N2CCOCC2)c1.Fc1ncc(Br)cc1N1CCOCC1. The molecule has 0 saturated carbocycles. The van der Waals surface area contributed by atoms with E-state index in [1.807, 2.05) is 57.0 Å². The Morgan fingerprint density at radius 1 is 0.632 bits per heavy atom. The second-order valence-corrected chi connectivity index (χ2v) is 15.5. The Kier molecular flexibility index (Phi) is 19.7. The fraction of sp³-hybridized carbons (Fsp3) is 0.500. The van der Waals surface area contributed by atoms with E-state index in [0.717, 1.165) is 103 Å². The van der Waals surface area contributed by atoms with Crippen LogP contribution in [0.1, 0.15) is 48.1 Å². The predicted octanol–water partition coefficient (Wildman–Crippen LogP) is 8.82. The molecule has 3 saturated heterocycles. The first-order valence-electron chi connectivity index (χ1n) is 18.6. The Hall–Kier alpha value is -3.76. The number of aromatic nitrogens is 3. The van der Waals surface area contributed by atoms with Crippen molar-refractivity contribution in [2.45, 2.75) is 61.7 Å². The summed E-state index contributed by atoms with van der Waals surface area (Å²) in [6, 6.07) is 11.9. The number of hydrogen-bond acceptors (Lipinski definition) is 12. The third-order valence-corrected chi connectivity index (χ3v) is 9.61. The zero-order chi connectivity index (χ0) is 39.3. The monoisotopic (exact) mass is 919 g/mol. The molecule has 3 fully saturated rings. The summed E-state index contributed by atoms with van der Waals surface area (Å²) in [4.78, 5) is 19.1. The number of rotatable bonds is 8. The van der Waals surface area contributed by atoms with E-state index in [1.54, 1.807) is 12.3 Å². The van der Waals surface area contributed by atoms with Crippen molar-refractivity contribution >= 4 is 54.6 Å². The molecule has 12 nitrogen and oxygen atoms in total. The van der Waals surface area contributed by atoms with Gasteiger partial charge in [0, 0.05) is 78.1 Å². The van der Waals surface area contributed by atoms with Crippen LogP contribution in [0.5, 0.6) is 11.8 Å². The van der Waals surface area contributed by atoms with Gasteiger partial charge in [-0.3, -0.25) is 0 Å². The number of nitrogens with zero attached hydrogens (tertiary/aromatic N) is 6. The number of morpholine rings is 3. The van der Waals surface area contributed by atoms with Gasteiger partial charge in [-0.15, -0.1) is 0 Å². The fourth-order valence-electron chi connectivity index (χ4n) is 6.08. The zero-order valence-electron chi connectivity index (χ0n) is 32.3. The van der Waals surface area contributed by atoms with Crippen molar-refractivity contribution in [1.29, 1.82) is 0 Å². The Bertz CT molecular complexity index is 1820. The average molecular weight is 922 g/mol. The molecule has 3 aliphatic rings. The quantitative estimate of drug-likeness (QED) is 0.134. The second kappa shape index (κ2) is 23.6. The van der Waals surface area contributed by atoms with Crippen LogP contribution >= 0.6 is 31.9 Å². The maximum Gasteiger partial charge on any atom is 0.237 e. The van der Waals surface area contributed by atoms with Crippen LogP contribution in [0.3, 0.4) is 0 Å². The Morgan fingerprint density at radius 3 is 1.54 bits per heavy atom. The normalized spacial score (nSPS) is 15.4. The maximum atomic E-state index is 13.3. The molecule has 2 N–H and O–H groups in total. The van der Waals surface area contributed by atoms with Crippen molar-refractivity contribution in [2.24, 2.45) is 0 Å². The molecule has 0 atom stereocenters. The lowest BCUT2D eigenvalue weighted by Gasteiger charge is -2.30. The Labute approximate surface area is 355 Å². The summed E-state index contributed by atoms with van der Waals surface area (Å²) in [5.41, 5.74) is 12.7. The van der Waals surface area contributed by atoms with E-state index >= 15 is 0 Å². The van der Waals surface area contributed by atoms with Crippen LogP contribution in [0.4, 0.5) is 27.1 Å². The van der Waals surface area contributed by atoms with Crippen molar-refractivity contribution < 1.29 is 28.1 Å². The maximum absolute atomic E-state index is 13.3. The molecular weight excluding hydrogens is 861 g/mol. The fourth-order valence-corrected chi connectivity index (χ4v) is 6.72. The summed E-state index contributed by atoms with van der Waals surface area (Å²) in [5, 5.41) is 0. The molecule has 57 heavy (non-hydrogen) atoms. The first kappa shape index (κ1) is 47.6. The number of nitrogens with two attached hydrogens (primary N) is 1. The highest BCUT2D eigenvalue weighted by atomic mass is 79.9. The van der Waals surface area contributed by atoms with E-state index in [1.165, 1.54) is 11.8 Å². The minimum Gasteiger partial charge on any atom is -0.473 e. The molecule has 3 aliphatic heterocycles. The third-order valence-electron chi connectivity index (χ3n) is 8.74. The summed E-state index contributed by atoms with van der Waals surface area (Å²) >= 11 is 6.73. The number of benzene rings is 1. The van der Waals surface area contributed by atoms with E-state index in [0.29, 0.717) is 30.7 Å². The minimum atomic E-state index is -0.421. The first-order valence-corrected chi connectivity index (χ1v) is 20.2. The molecule has 3 aromatic heterocycles. The molecule has 314 valence electrons. The van der Waals surface area contributed by atoms with Crippen LogP contribution < -0.4 is 29.9 Å². The Balaban J connectivity index is 0.000000234. The van der Waals surface area contributed by atoms with Crippen LogP contribution in [0.25, 0.3) is 11.1 Å². The van der Waals surface area contributed by atoms with E-state index in [2.05, 4.69) is 75.7 Å². The average Bonchev–Trinajstić information content (AvgIpc) is 3.19. The Morgan fingerprint density at radius 2 is 1.05 bits per heavy atom. The minimum absolute atomic E-state index is 0. The largest absolute Gasteiger partial charge is 0.473 e. The molecular formula is C42H60Br2FN7O5. The van der Waals surface area contributed by atoms with Gasteiger partial charge in [0.1, 0.15) is 11.4 Å². The van der Waals surface area contributed by atoms with Gasteiger partial charge in [-0.25, -0.2) is 15.0 Å². The van der Waals surface area contributed by atoms with Gasteiger partial charge < -0.3 is 44.1 Å². The molecule has 0 unspecified atom stereocenters. The van der Waals surface area contributed by atoms with E-state index in [-0.39, 0.29) is 27.1 Å². The third kappa shape index (κ3) is 14.2. The molecule has 0 spiro atoms. The van der Waals surface area contributed by atoms with Gasteiger partial charge in [0.2, 0.25) is 17.7 Å². The number of nitrogen functional groups attached to an aromatic ring is 1. The van der Waals surface area contributed by atoms with Crippen LogP contribution in [0.2, 0.25) is 0 Å². The van der Waals surface area contributed by atoms with E-state index in [9.17, 15) is 4.39 Å². The summed E-state index contributed by atoms with van der Waals surface area (Å²) < 4.78 is 42.8. The highest BCUT2D eigenvalue weighted by Gasteiger charge is 2.21. The topological polar surface area (TPSA) is 121 Å². The first-order chi connectivity index (χ1) is 26.5. The molecule has 0 amide bonds. The molecule has 7 rings (SSSR count). The van der Waals surface area contributed by atoms with Crippen LogP contribution in [-0.2, 0) is 14.2 Å².